The summed E-state index contributed by atoms with van der Waals surface area (Å²) in [6.45, 7) is 4.14. The molecule has 0 saturated heterocycles. The Kier molecular flexibility index (Phi) is 3.33. The van der Waals surface area contributed by atoms with Crippen LogP contribution in [-0.2, 0) is 4.79 Å². The Hall–Kier alpha value is -1.55. The minimum Gasteiger partial charge on any atom is -0.325 e. The maximum atomic E-state index is 11.2. The van der Waals surface area contributed by atoms with Gasteiger partial charge in [0.2, 0.25) is 5.91 Å². The third-order valence-corrected chi connectivity index (χ3v) is 2.70. The SMILES string of the molecule is CC(C)n1cc2cc(NC(=O)CCl)ccc2n1. The number of carbonyl (C=O) groups excluding carboxylic acids is 1. The van der Waals surface area contributed by atoms with Crippen molar-refractivity contribution >= 4 is 34.1 Å². The summed E-state index contributed by atoms with van der Waals surface area (Å²) in [5.74, 6) is -0.245. The highest BCUT2D eigenvalue weighted by Crippen LogP contribution is 2.19. The van der Waals surface area contributed by atoms with Crippen LogP contribution in [0.15, 0.2) is 24.4 Å². The summed E-state index contributed by atoms with van der Waals surface area (Å²) in [7, 11) is 0. The second-order valence-corrected chi connectivity index (χ2v) is 4.43. The molecule has 2 rings (SSSR count). The van der Waals surface area contributed by atoms with Gasteiger partial charge in [0.15, 0.2) is 0 Å². The van der Waals surface area contributed by atoms with Crippen LogP contribution in [0.4, 0.5) is 5.69 Å². The van der Waals surface area contributed by atoms with Crippen molar-refractivity contribution in [2.75, 3.05) is 11.2 Å². The zero-order valence-electron chi connectivity index (χ0n) is 9.77. The number of amides is 1. The molecule has 17 heavy (non-hydrogen) atoms. The Morgan fingerprint density at radius 3 is 2.94 bits per heavy atom. The Bertz CT molecular complexity index is 548. The lowest BCUT2D eigenvalue weighted by molar-refractivity contribution is -0.113. The third-order valence-electron chi connectivity index (χ3n) is 2.46. The predicted octanol–water partition coefficient (Wildman–Crippen LogP) is 2.79. The van der Waals surface area contributed by atoms with Crippen molar-refractivity contribution in [3.05, 3.63) is 24.4 Å². The summed E-state index contributed by atoms with van der Waals surface area (Å²) >= 11 is 5.44. The van der Waals surface area contributed by atoms with Gasteiger partial charge in [-0.05, 0) is 32.0 Å². The number of nitrogens with one attached hydrogen (secondary N) is 1. The van der Waals surface area contributed by atoms with Crippen LogP contribution in [-0.4, -0.2) is 21.6 Å². The number of alkyl halides is 1. The van der Waals surface area contributed by atoms with E-state index in [0.29, 0.717) is 6.04 Å². The van der Waals surface area contributed by atoms with Crippen LogP contribution in [0, 0.1) is 0 Å². The fourth-order valence-electron chi connectivity index (χ4n) is 1.58. The van der Waals surface area contributed by atoms with E-state index in [0.717, 1.165) is 16.6 Å². The van der Waals surface area contributed by atoms with Crippen LogP contribution in [0.3, 0.4) is 0 Å². The summed E-state index contributed by atoms with van der Waals surface area (Å²) < 4.78 is 1.90. The van der Waals surface area contributed by atoms with Gasteiger partial charge in [-0.15, -0.1) is 11.6 Å². The summed E-state index contributed by atoms with van der Waals surface area (Å²) in [5, 5.41) is 8.15. The Balaban J connectivity index is 2.33. The minimum absolute atomic E-state index is 0.0384. The van der Waals surface area contributed by atoms with Gasteiger partial charge in [0.1, 0.15) is 5.88 Å². The van der Waals surface area contributed by atoms with Crippen LogP contribution in [0.1, 0.15) is 19.9 Å². The van der Waals surface area contributed by atoms with E-state index in [1.807, 2.05) is 29.1 Å². The Morgan fingerprint density at radius 1 is 1.53 bits per heavy atom. The van der Waals surface area contributed by atoms with Gasteiger partial charge in [0, 0.05) is 23.3 Å². The van der Waals surface area contributed by atoms with Gasteiger partial charge in [0.05, 0.1) is 5.52 Å². The molecular weight excluding hydrogens is 238 g/mol. The molecule has 1 N–H and O–H groups in total. The standard InChI is InChI=1S/C12H14ClN3O/c1-8(2)16-7-9-5-10(14-12(17)6-13)3-4-11(9)15-16/h3-5,7-8H,6H2,1-2H3,(H,14,17). The van der Waals surface area contributed by atoms with Gasteiger partial charge in [-0.2, -0.15) is 5.10 Å². The molecule has 0 aliphatic heterocycles. The lowest BCUT2D eigenvalue weighted by Crippen LogP contribution is -2.12. The molecule has 0 aliphatic carbocycles. The first kappa shape index (κ1) is 11.9. The molecule has 0 saturated carbocycles. The van der Waals surface area contributed by atoms with Gasteiger partial charge in [-0.25, -0.2) is 0 Å². The molecule has 0 radical (unpaired) electrons. The van der Waals surface area contributed by atoms with Crippen molar-refractivity contribution in [3.63, 3.8) is 0 Å². The van der Waals surface area contributed by atoms with Crippen molar-refractivity contribution in [2.24, 2.45) is 0 Å². The van der Waals surface area contributed by atoms with E-state index in [2.05, 4.69) is 24.3 Å². The first-order valence-corrected chi connectivity index (χ1v) is 5.98. The fraction of sp³-hybridized carbons (Fsp3) is 0.333. The molecule has 5 heteroatoms. The maximum absolute atomic E-state index is 11.2. The molecule has 4 nitrogen and oxygen atoms in total. The molecule has 0 spiro atoms. The van der Waals surface area contributed by atoms with Gasteiger partial charge in [-0.3, -0.25) is 9.48 Å². The molecule has 90 valence electrons. The molecule has 0 atom stereocenters. The molecule has 1 aromatic carbocycles. The van der Waals surface area contributed by atoms with E-state index in [1.54, 1.807) is 0 Å². The lowest BCUT2D eigenvalue weighted by Gasteiger charge is -2.02. The van der Waals surface area contributed by atoms with E-state index in [-0.39, 0.29) is 11.8 Å². The predicted molar refractivity (Wildman–Crippen MR) is 69.5 cm³/mol. The van der Waals surface area contributed by atoms with Gasteiger partial charge >= 0.3 is 0 Å². The van der Waals surface area contributed by atoms with Crippen LogP contribution in [0.5, 0.6) is 0 Å². The minimum atomic E-state index is -0.206. The molecule has 1 heterocycles. The van der Waals surface area contributed by atoms with E-state index < -0.39 is 0 Å². The average molecular weight is 252 g/mol. The third kappa shape index (κ3) is 2.58. The average Bonchev–Trinajstić information content (AvgIpc) is 2.72. The Morgan fingerprint density at radius 2 is 2.29 bits per heavy atom. The van der Waals surface area contributed by atoms with Crippen molar-refractivity contribution in [2.45, 2.75) is 19.9 Å². The molecule has 0 bridgehead atoms. The molecular formula is C12H14ClN3O. The normalized spacial score (nSPS) is 11.1. The number of aromatic nitrogens is 2. The first-order chi connectivity index (χ1) is 8.10. The maximum Gasteiger partial charge on any atom is 0.239 e. The second-order valence-electron chi connectivity index (χ2n) is 4.16. The van der Waals surface area contributed by atoms with Crippen molar-refractivity contribution in [1.82, 2.24) is 9.78 Å². The summed E-state index contributed by atoms with van der Waals surface area (Å²) in [6.07, 6.45) is 1.97. The van der Waals surface area contributed by atoms with Crippen LogP contribution in [0.25, 0.3) is 10.9 Å². The number of halogens is 1. The molecule has 1 amide bonds. The Labute approximate surface area is 105 Å². The second kappa shape index (κ2) is 4.75. The number of anilines is 1. The largest absolute Gasteiger partial charge is 0.325 e. The van der Waals surface area contributed by atoms with Crippen molar-refractivity contribution in [3.8, 4) is 0 Å². The molecule has 0 fully saturated rings. The summed E-state index contributed by atoms with van der Waals surface area (Å²) in [5.41, 5.74) is 1.66. The number of hydrogen-bond acceptors (Lipinski definition) is 2. The number of hydrogen-bond donors (Lipinski definition) is 1. The first-order valence-electron chi connectivity index (χ1n) is 5.45. The topological polar surface area (TPSA) is 46.9 Å². The number of benzene rings is 1. The number of nitrogens with zero attached hydrogens (tertiary/aromatic N) is 2. The van der Waals surface area contributed by atoms with Crippen LogP contribution in [0.2, 0.25) is 0 Å². The smallest absolute Gasteiger partial charge is 0.239 e. The monoisotopic (exact) mass is 251 g/mol. The van der Waals surface area contributed by atoms with E-state index in [4.69, 9.17) is 11.6 Å². The van der Waals surface area contributed by atoms with E-state index in [9.17, 15) is 4.79 Å². The van der Waals surface area contributed by atoms with Crippen LogP contribution < -0.4 is 5.32 Å². The van der Waals surface area contributed by atoms with Crippen molar-refractivity contribution < 1.29 is 4.79 Å². The highest BCUT2D eigenvalue weighted by atomic mass is 35.5. The molecule has 0 aliphatic rings. The molecule has 2 aromatic rings. The lowest BCUT2D eigenvalue weighted by atomic mass is 10.2. The molecule has 1 aromatic heterocycles. The van der Waals surface area contributed by atoms with E-state index in [1.165, 1.54) is 0 Å². The zero-order chi connectivity index (χ0) is 12.4. The number of fused-ring (bicyclic) bond motifs is 1. The van der Waals surface area contributed by atoms with Gasteiger partial charge in [-0.1, -0.05) is 0 Å². The van der Waals surface area contributed by atoms with Crippen molar-refractivity contribution in [1.29, 1.82) is 0 Å². The fourth-order valence-corrected chi connectivity index (χ4v) is 1.65. The van der Waals surface area contributed by atoms with E-state index >= 15 is 0 Å². The highest BCUT2D eigenvalue weighted by Gasteiger charge is 2.05. The molecule has 0 unspecified atom stereocenters. The quantitative estimate of drug-likeness (QED) is 0.853. The highest BCUT2D eigenvalue weighted by molar-refractivity contribution is 6.29. The van der Waals surface area contributed by atoms with Crippen LogP contribution >= 0.6 is 11.6 Å². The number of rotatable bonds is 3. The summed E-state index contributed by atoms with van der Waals surface area (Å²) in [6, 6.07) is 5.93. The van der Waals surface area contributed by atoms with Gasteiger partial charge in [0.25, 0.3) is 0 Å². The zero-order valence-corrected chi connectivity index (χ0v) is 10.5. The number of carbonyl (C=O) groups is 1. The summed E-state index contributed by atoms with van der Waals surface area (Å²) in [4.78, 5) is 11.2. The van der Waals surface area contributed by atoms with Gasteiger partial charge < -0.3 is 5.32 Å².